The van der Waals surface area contributed by atoms with Crippen LogP contribution >= 0.6 is 0 Å². The molecule has 0 unspecified atom stereocenters. The molecule has 314 valence electrons. The molecule has 1 N–H and O–H groups in total. The largest absolute Gasteiger partial charge is 0.458 e. The number of hydrogen-bond donors (Lipinski definition) is 1. The molecule has 10 atom stereocenters. The van der Waals surface area contributed by atoms with Crippen LogP contribution in [0.15, 0.2) is 54.6 Å². The van der Waals surface area contributed by atoms with Crippen molar-refractivity contribution in [2.75, 3.05) is 0 Å². The second-order valence-electron chi connectivity index (χ2n) is 15.8. The molecule has 0 amide bonds. The van der Waals surface area contributed by atoms with Crippen molar-refractivity contribution in [2.45, 2.75) is 137 Å². The molecule has 1 saturated carbocycles. The van der Waals surface area contributed by atoms with Crippen molar-refractivity contribution in [3.63, 3.8) is 0 Å². The minimum Gasteiger partial charge on any atom is -0.458 e. The first-order valence-corrected chi connectivity index (χ1v) is 18.9. The summed E-state index contributed by atoms with van der Waals surface area (Å²) in [5.74, 6) is -9.35. The van der Waals surface area contributed by atoms with Crippen molar-refractivity contribution in [1.82, 2.24) is 0 Å². The van der Waals surface area contributed by atoms with Crippen molar-refractivity contribution in [3.05, 3.63) is 60.2 Å². The summed E-state index contributed by atoms with van der Waals surface area (Å²) in [6.07, 6.45) is -7.52. The molecular weight excluding hydrogens is 744 g/mol. The fraction of sp³-hybridized carbons (Fsp3) is 0.595. The summed E-state index contributed by atoms with van der Waals surface area (Å²) in [6.45, 7) is 19.5. The molecule has 1 aromatic rings. The third-order valence-electron chi connectivity index (χ3n) is 10.1. The van der Waals surface area contributed by atoms with Gasteiger partial charge in [0.25, 0.3) is 0 Å². The van der Waals surface area contributed by atoms with Crippen LogP contribution in [0.25, 0.3) is 0 Å². The van der Waals surface area contributed by atoms with Gasteiger partial charge >= 0.3 is 41.8 Å². The Morgan fingerprint density at radius 1 is 0.772 bits per heavy atom. The molecule has 15 nitrogen and oxygen atoms in total. The second-order valence-corrected chi connectivity index (χ2v) is 15.8. The van der Waals surface area contributed by atoms with E-state index in [2.05, 4.69) is 6.58 Å². The lowest BCUT2D eigenvalue weighted by molar-refractivity contribution is -0.198. The van der Waals surface area contributed by atoms with Crippen LogP contribution in [0.4, 0.5) is 0 Å². The summed E-state index contributed by atoms with van der Waals surface area (Å²) in [5.41, 5.74) is -5.76. The molecule has 3 rings (SSSR count). The van der Waals surface area contributed by atoms with E-state index in [9.17, 15) is 38.7 Å². The van der Waals surface area contributed by atoms with Crippen LogP contribution < -0.4 is 0 Å². The van der Waals surface area contributed by atoms with Crippen LogP contribution in [0.5, 0.6) is 0 Å². The molecule has 0 radical (unpaired) electrons. The maximum absolute atomic E-state index is 13.9. The number of aliphatic hydroxyl groups is 1. The quantitative estimate of drug-likeness (QED) is 0.193. The van der Waals surface area contributed by atoms with Gasteiger partial charge in [-0.3, -0.25) is 28.8 Å². The molecule has 0 aliphatic heterocycles. The zero-order valence-corrected chi connectivity index (χ0v) is 34.5. The summed E-state index contributed by atoms with van der Waals surface area (Å²) in [4.78, 5) is 92.3. The summed E-state index contributed by atoms with van der Waals surface area (Å²) < 4.78 is 41.7. The van der Waals surface area contributed by atoms with Gasteiger partial charge in [-0.2, -0.15) is 0 Å². The van der Waals surface area contributed by atoms with Gasteiger partial charge < -0.3 is 38.3 Å². The Hall–Kier alpha value is -5.05. The number of esters is 7. The molecular formula is C42H56O15. The normalized spacial score (nSPS) is 31.6. The van der Waals surface area contributed by atoms with Gasteiger partial charge in [0.2, 0.25) is 0 Å². The summed E-state index contributed by atoms with van der Waals surface area (Å²) in [7, 11) is 0. The van der Waals surface area contributed by atoms with Crippen LogP contribution in [0.2, 0.25) is 0 Å². The average molecular weight is 801 g/mol. The molecule has 57 heavy (non-hydrogen) atoms. The first-order chi connectivity index (χ1) is 26.4. The zero-order valence-electron chi connectivity index (χ0n) is 34.5. The van der Waals surface area contributed by atoms with E-state index in [0.717, 1.165) is 27.7 Å². The van der Waals surface area contributed by atoms with Gasteiger partial charge in [0.1, 0.15) is 23.4 Å². The number of rotatable bonds is 10. The molecule has 1 fully saturated rings. The zero-order chi connectivity index (χ0) is 43.2. The monoisotopic (exact) mass is 800 g/mol. The standard InChI is InChI=1S/C42H56O15/c1-13-30(47)54-32-24(5)33(55-38(48)22(2)3)34(51-25(6)43)37(53-27(8)45)40(10,11)20-19-23(4)35(56-39(49)29-17-15-14-16-18-29)42(50)21-41(12,57-28(9)46)36(31(32)42)52-26(7)44/h14-20,22-23,31-37,50H,5,13,21H2,1-4,6-12H3/b20-19+/t23-,31-,32-,33-,34+,35-,36+,37+,41+,42+/m0/s1. The molecule has 0 aromatic heterocycles. The number of ether oxygens (including phenoxy) is 7. The lowest BCUT2D eigenvalue weighted by Crippen LogP contribution is -2.60. The number of benzene rings is 1. The third kappa shape index (κ3) is 10.9. The van der Waals surface area contributed by atoms with Crippen LogP contribution in [-0.2, 0) is 61.9 Å². The van der Waals surface area contributed by atoms with E-state index < -0.39 is 119 Å². The predicted octanol–water partition coefficient (Wildman–Crippen LogP) is 4.76. The molecule has 2 aliphatic carbocycles. The summed E-state index contributed by atoms with van der Waals surface area (Å²) in [6, 6.07) is 7.92. The van der Waals surface area contributed by atoms with Crippen LogP contribution in [-0.4, -0.2) is 94.7 Å². The Morgan fingerprint density at radius 3 is 1.84 bits per heavy atom. The highest BCUT2D eigenvalue weighted by Gasteiger charge is 2.70. The lowest BCUT2D eigenvalue weighted by Gasteiger charge is -2.46. The van der Waals surface area contributed by atoms with Crippen LogP contribution in [0.1, 0.15) is 99.4 Å². The maximum Gasteiger partial charge on any atom is 0.338 e. The number of carbonyl (C=O) groups is 7. The van der Waals surface area contributed by atoms with E-state index in [-0.39, 0.29) is 17.6 Å². The van der Waals surface area contributed by atoms with Crippen LogP contribution in [0, 0.1) is 23.2 Å². The van der Waals surface area contributed by atoms with Gasteiger partial charge in [-0.25, -0.2) is 4.79 Å². The molecule has 15 heteroatoms. The van der Waals surface area contributed by atoms with Gasteiger partial charge in [0.15, 0.2) is 24.4 Å². The Kier molecular flexibility index (Phi) is 15.0. The highest BCUT2D eigenvalue weighted by molar-refractivity contribution is 5.89. The fourth-order valence-electron chi connectivity index (χ4n) is 7.63. The minimum absolute atomic E-state index is 0.121. The van der Waals surface area contributed by atoms with Gasteiger partial charge in [-0.15, -0.1) is 0 Å². The predicted molar refractivity (Wildman–Crippen MR) is 202 cm³/mol. The van der Waals surface area contributed by atoms with E-state index >= 15 is 0 Å². The molecule has 1 aromatic carbocycles. The van der Waals surface area contributed by atoms with Crippen molar-refractivity contribution >= 4 is 41.8 Å². The number of carbonyl (C=O) groups excluding carboxylic acids is 7. The Labute approximate surface area is 333 Å². The van der Waals surface area contributed by atoms with E-state index in [0.29, 0.717) is 0 Å². The SMILES string of the molecule is C=C1[C@H](OC(=O)C(C)C)[C@@H](OC(C)=O)[C@@H](OC(C)=O)C(C)(C)/C=C/[C@H](C)[C@H](OC(=O)c2ccccc2)[C@@]2(O)C[C@@](C)(OC(C)=O)[C@H](OC(C)=O)[C@@H]2[C@H]1OC(=O)CC. The van der Waals surface area contributed by atoms with Gasteiger partial charge in [0, 0.05) is 57.4 Å². The van der Waals surface area contributed by atoms with Crippen molar-refractivity contribution in [3.8, 4) is 0 Å². The summed E-state index contributed by atoms with van der Waals surface area (Å²) in [5, 5.41) is 13.4. The molecule has 0 saturated heterocycles. The van der Waals surface area contributed by atoms with Gasteiger partial charge in [0.05, 0.1) is 17.4 Å². The fourth-order valence-corrected chi connectivity index (χ4v) is 7.63. The van der Waals surface area contributed by atoms with Gasteiger partial charge in [-0.1, -0.05) is 78.5 Å². The summed E-state index contributed by atoms with van der Waals surface area (Å²) >= 11 is 0. The first kappa shape index (κ1) is 46.3. The highest BCUT2D eigenvalue weighted by atomic mass is 16.6. The first-order valence-electron chi connectivity index (χ1n) is 18.9. The third-order valence-corrected chi connectivity index (χ3v) is 10.1. The molecule has 0 bridgehead atoms. The molecule has 2 aliphatic rings. The highest BCUT2D eigenvalue weighted by Crippen LogP contribution is 2.54. The van der Waals surface area contributed by atoms with E-state index in [1.807, 2.05) is 0 Å². The number of hydrogen-bond acceptors (Lipinski definition) is 15. The average Bonchev–Trinajstić information content (AvgIpc) is 3.32. The van der Waals surface area contributed by atoms with Gasteiger partial charge in [-0.05, 0) is 19.1 Å². The molecule has 0 spiro atoms. The second kappa shape index (κ2) is 18.5. The molecule has 0 heterocycles. The van der Waals surface area contributed by atoms with Crippen molar-refractivity contribution in [1.29, 1.82) is 0 Å². The van der Waals surface area contributed by atoms with E-state index in [1.54, 1.807) is 51.1 Å². The Morgan fingerprint density at radius 2 is 1.33 bits per heavy atom. The van der Waals surface area contributed by atoms with Crippen molar-refractivity contribution in [2.24, 2.45) is 23.2 Å². The van der Waals surface area contributed by atoms with Crippen molar-refractivity contribution < 1.29 is 71.8 Å². The maximum atomic E-state index is 13.9. The smallest absolute Gasteiger partial charge is 0.338 e. The van der Waals surface area contributed by atoms with E-state index in [1.165, 1.54) is 39.8 Å². The Bertz CT molecular complexity index is 1730. The number of fused-ring (bicyclic) bond motifs is 1. The minimum atomic E-state index is -2.41. The van der Waals surface area contributed by atoms with E-state index in [4.69, 9.17) is 33.2 Å². The topological polar surface area (TPSA) is 204 Å². The lowest BCUT2D eigenvalue weighted by atomic mass is 9.71. The Balaban J connectivity index is 2.61. The van der Waals surface area contributed by atoms with Crippen LogP contribution in [0.3, 0.4) is 0 Å².